The Kier molecular flexibility index (Phi) is 2.44. The Balaban J connectivity index is 1.96. The van der Waals surface area contributed by atoms with Crippen LogP contribution in [-0.2, 0) is 17.8 Å². The molecule has 90 valence electrons. The lowest BCUT2D eigenvalue weighted by molar-refractivity contribution is -0.119. The number of imide groups is 1. The first kappa shape index (κ1) is 10.7. The molecule has 1 N–H and O–H groups in total. The molecule has 2 heterocycles. The van der Waals surface area contributed by atoms with Gasteiger partial charge in [-0.2, -0.15) is 5.10 Å². The number of nitrogens with one attached hydrogen (secondary N) is 1. The summed E-state index contributed by atoms with van der Waals surface area (Å²) in [6.45, 7) is 0.526. The number of carbonyl (C=O) groups excluding carboxylic acids is 2. The molecule has 1 aromatic heterocycles. The van der Waals surface area contributed by atoms with Crippen LogP contribution in [-0.4, -0.2) is 21.6 Å². The van der Waals surface area contributed by atoms with Crippen molar-refractivity contribution >= 4 is 11.8 Å². The minimum absolute atomic E-state index is 0.218. The molecule has 5 nitrogen and oxygen atoms in total. The van der Waals surface area contributed by atoms with Crippen molar-refractivity contribution < 1.29 is 9.59 Å². The second kappa shape index (κ2) is 4.10. The molecule has 0 bridgehead atoms. The van der Waals surface area contributed by atoms with Crippen LogP contribution in [0.1, 0.15) is 21.6 Å². The van der Waals surface area contributed by atoms with Crippen LogP contribution in [0.25, 0.3) is 0 Å². The van der Waals surface area contributed by atoms with E-state index in [9.17, 15) is 9.59 Å². The summed E-state index contributed by atoms with van der Waals surface area (Å²) in [4.78, 5) is 23.0. The number of hydrogen-bond acceptors (Lipinski definition) is 3. The first-order chi connectivity index (χ1) is 8.74. The largest absolute Gasteiger partial charge is 0.291 e. The van der Waals surface area contributed by atoms with Crippen LogP contribution < -0.4 is 5.32 Å². The van der Waals surface area contributed by atoms with Crippen molar-refractivity contribution in [3.8, 4) is 0 Å². The monoisotopic (exact) mass is 241 g/mol. The lowest BCUT2D eigenvalue weighted by atomic mass is 10.1. The van der Waals surface area contributed by atoms with E-state index in [1.807, 2.05) is 30.3 Å². The van der Waals surface area contributed by atoms with Gasteiger partial charge in [0.05, 0.1) is 19.2 Å². The minimum Gasteiger partial charge on any atom is -0.291 e. The molecule has 0 aliphatic carbocycles. The highest BCUT2D eigenvalue weighted by Crippen LogP contribution is 2.15. The topological polar surface area (TPSA) is 64.0 Å². The molecule has 1 aromatic carbocycles. The number of carbonyl (C=O) groups is 2. The minimum atomic E-state index is -0.366. The quantitative estimate of drug-likeness (QED) is 0.789. The summed E-state index contributed by atoms with van der Waals surface area (Å²) < 4.78 is 1.63. The van der Waals surface area contributed by atoms with Gasteiger partial charge in [0.1, 0.15) is 5.69 Å². The van der Waals surface area contributed by atoms with Crippen LogP contribution in [0.4, 0.5) is 0 Å². The van der Waals surface area contributed by atoms with Crippen molar-refractivity contribution in [2.75, 3.05) is 0 Å². The third-order valence-electron chi connectivity index (χ3n) is 2.91. The van der Waals surface area contributed by atoms with Gasteiger partial charge >= 0.3 is 0 Å². The summed E-state index contributed by atoms with van der Waals surface area (Å²) in [6.07, 6.45) is 1.81. The molecular weight excluding hydrogens is 230 g/mol. The Hall–Kier alpha value is -2.43. The molecule has 0 fully saturated rings. The fourth-order valence-electron chi connectivity index (χ4n) is 2.10. The Labute approximate surface area is 103 Å². The number of aromatic nitrogens is 2. The number of rotatable bonds is 2. The molecule has 18 heavy (non-hydrogen) atoms. The molecule has 1 aliphatic rings. The molecule has 0 spiro atoms. The fourth-order valence-corrected chi connectivity index (χ4v) is 2.10. The predicted molar refractivity (Wildman–Crippen MR) is 63.9 cm³/mol. The highest BCUT2D eigenvalue weighted by Gasteiger charge is 2.26. The van der Waals surface area contributed by atoms with Gasteiger partial charge in [0.15, 0.2) is 0 Å². The molecule has 2 aromatic rings. The van der Waals surface area contributed by atoms with Crippen molar-refractivity contribution in [1.29, 1.82) is 0 Å². The number of amides is 2. The lowest BCUT2D eigenvalue weighted by Gasteiger charge is -2.13. The summed E-state index contributed by atoms with van der Waals surface area (Å²) >= 11 is 0. The van der Waals surface area contributed by atoms with Gasteiger partial charge in [0.2, 0.25) is 5.91 Å². The molecule has 1 aliphatic heterocycles. The van der Waals surface area contributed by atoms with E-state index in [2.05, 4.69) is 10.4 Å². The van der Waals surface area contributed by atoms with Crippen molar-refractivity contribution in [1.82, 2.24) is 15.1 Å². The SMILES string of the molecule is O=C1Cc2cnn(Cc3ccccc3)c2C(=O)N1. The summed E-state index contributed by atoms with van der Waals surface area (Å²) in [5.74, 6) is -0.638. The molecule has 0 radical (unpaired) electrons. The number of benzene rings is 1. The highest BCUT2D eigenvalue weighted by atomic mass is 16.2. The van der Waals surface area contributed by atoms with Gasteiger partial charge in [0.25, 0.3) is 5.91 Å². The molecule has 5 heteroatoms. The highest BCUT2D eigenvalue weighted by molar-refractivity contribution is 6.08. The molecule has 2 amide bonds. The standard InChI is InChI=1S/C13H11N3O2/c17-11-6-10-7-14-16(12(10)13(18)15-11)8-9-4-2-1-3-5-9/h1-5,7H,6,8H2,(H,15,17,18). The van der Waals surface area contributed by atoms with Crippen LogP contribution in [0.5, 0.6) is 0 Å². The average molecular weight is 241 g/mol. The number of hydrogen-bond donors (Lipinski definition) is 1. The third-order valence-corrected chi connectivity index (χ3v) is 2.91. The first-order valence-electron chi connectivity index (χ1n) is 5.67. The Morgan fingerprint density at radius 3 is 2.78 bits per heavy atom. The van der Waals surface area contributed by atoms with Crippen LogP contribution in [0.15, 0.2) is 36.5 Å². The van der Waals surface area contributed by atoms with Crippen molar-refractivity contribution in [3.05, 3.63) is 53.3 Å². The van der Waals surface area contributed by atoms with E-state index < -0.39 is 0 Å². The van der Waals surface area contributed by atoms with E-state index in [4.69, 9.17) is 0 Å². The van der Waals surface area contributed by atoms with E-state index in [-0.39, 0.29) is 18.2 Å². The van der Waals surface area contributed by atoms with Gasteiger partial charge in [-0.15, -0.1) is 0 Å². The van der Waals surface area contributed by atoms with Gasteiger partial charge in [0, 0.05) is 5.56 Å². The summed E-state index contributed by atoms with van der Waals surface area (Å²) in [5, 5.41) is 6.49. The molecule has 0 atom stereocenters. The van der Waals surface area contributed by atoms with Gasteiger partial charge in [-0.05, 0) is 5.56 Å². The molecular formula is C13H11N3O2. The molecule has 0 unspecified atom stereocenters. The van der Waals surface area contributed by atoms with Crippen LogP contribution in [0, 0.1) is 0 Å². The maximum atomic E-state index is 11.8. The van der Waals surface area contributed by atoms with Gasteiger partial charge in [-0.3, -0.25) is 19.6 Å². The second-order valence-electron chi connectivity index (χ2n) is 4.22. The van der Waals surface area contributed by atoms with E-state index in [0.717, 1.165) is 5.56 Å². The summed E-state index contributed by atoms with van der Waals surface area (Å²) in [6, 6.07) is 9.76. The first-order valence-corrected chi connectivity index (χ1v) is 5.67. The van der Waals surface area contributed by atoms with Crippen LogP contribution in [0.2, 0.25) is 0 Å². The second-order valence-corrected chi connectivity index (χ2v) is 4.22. The Bertz CT molecular complexity index is 616. The third kappa shape index (κ3) is 1.79. The Morgan fingerprint density at radius 1 is 1.22 bits per heavy atom. The van der Waals surface area contributed by atoms with E-state index in [0.29, 0.717) is 17.8 Å². The molecule has 3 rings (SSSR count). The normalized spacial score (nSPS) is 14.2. The summed E-state index contributed by atoms with van der Waals surface area (Å²) in [7, 11) is 0. The average Bonchev–Trinajstić information content (AvgIpc) is 2.73. The van der Waals surface area contributed by atoms with Crippen LogP contribution in [0.3, 0.4) is 0 Å². The zero-order chi connectivity index (χ0) is 12.5. The van der Waals surface area contributed by atoms with Crippen molar-refractivity contribution in [2.45, 2.75) is 13.0 Å². The van der Waals surface area contributed by atoms with E-state index in [1.54, 1.807) is 10.9 Å². The van der Waals surface area contributed by atoms with Crippen LogP contribution >= 0.6 is 0 Å². The lowest BCUT2D eigenvalue weighted by Crippen LogP contribution is -2.38. The maximum Gasteiger partial charge on any atom is 0.276 e. The number of nitrogens with zero attached hydrogens (tertiary/aromatic N) is 2. The molecule has 0 saturated heterocycles. The summed E-state index contributed by atoms with van der Waals surface area (Å²) in [5.41, 5.74) is 2.24. The zero-order valence-corrected chi connectivity index (χ0v) is 9.59. The van der Waals surface area contributed by atoms with Crippen molar-refractivity contribution in [3.63, 3.8) is 0 Å². The Morgan fingerprint density at radius 2 is 2.00 bits per heavy atom. The molecule has 0 saturated carbocycles. The predicted octanol–water partition coefficient (Wildman–Crippen LogP) is 0.744. The fraction of sp³-hybridized carbons (Fsp3) is 0.154. The zero-order valence-electron chi connectivity index (χ0n) is 9.59. The van der Waals surface area contributed by atoms with Gasteiger partial charge < -0.3 is 0 Å². The maximum absolute atomic E-state index is 11.8. The van der Waals surface area contributed by atoms with Crippen molar-refractivity contribution in [2.24, 2.45) is 0 Å². The smallest absolute Gasteiger partial charge is 0.276 e. The van der Waals surface area contributed by atoms with Gasteiger partial charge in [-0.1, -0.05) is 30.3 Å². The van der Waals surface area contributed by atoms with E-state index >= 15 is 0 Å². The number of fused-ring (bicyclic) bond motifs is 1. The van der Waals surface area contributed by atoms with Gasteiger partial charge in [-0.25, -0.2) is 0 Å². The van der Waals surface area contributed by atoms with E-state index in [1.165, 1.54) is 0 Å².